The standard InChI is InChI=1S/C10H14FN3/c1-7(5-11)14-10-8-3-2-4-9(8)12-6-13-10/h6-7H,2-5H2,1H3,(H,12,13,14). The van der Waals surface area contributed by atoms with Gasteiger partial charge in [0.25, 0.3) is 0 Å². The quantitative estimate of drug-likeness (QED) is 0.798. The molecule has 1 aliphatic carbocycles. The molecule has 1 unspecified atom stereocenters. The second kappa shape index (κ2) is 3.90. The smallest absolute Gasteiger partial charge is 0.133 e. The summed E-state index contributed by atoms with van der Waals surface area (Å²) in [7, 11) is 0. The highest BCUT2D eigenvalue weighted by Gasteiger charge is 2.17. The Labute approximate surface area is 82.8 Å². The summed E-state index contributed by atoms with van der Waals surface area (Å²) < 4.78 is 12.3. The number of nitrogens with one attached hydrogen (secondary N) is 1. The monoisotopic (exact) mass is 195 g/mol. The molecule has 0 bridgehead atoms. The van der Waals surface area contributed by atoms with E-state index in [0.29, 0.717) is 0 Å². The van der Waals surface area contributed by atoms with Crippen molar-refractivity contribution in [2.45, 2.75) is 32.2 Å². The summed E-state index contributed by atoms with van der Waals surface area (Å²) >= 11 is 0. The van der Waals surface area contributed by atoms with Crippen molar-refractivity contribution in [3.8, 4) is 0 Å². The third kappa shape index (κ3) is 1.69. The molecule has 0 fully saturated rings. The Bertz CT molecular complexity index is 327. The fourth-order valence-corrected chi connectivity index (χ4v) is 1.76. The van der Waals surface area contributed by atoms with Crippen molar-refractivity contribution < 1.29 is 4.39 Å². The van der Waals surface area contributed by atoms with Gasteiger partial charge in [0.2, 0.25) is 0 Å². The molecular formula is C10H14FN3. The van der Waals surface area contributed by atoms with E-state index in [4.69, 9.17) is 0 Å². The summed E-state index contributed by atoms with van der Waals surface area (Å²) in [5.41, 5.74) is 2.29. The molecule has 1 aromatic heterocycles. The highest BCUT2D eigenvalue weighted by molar-refractivity contribution is 5.48. The Kier molecular flexibility index (Phi) is 2.61. The molecule has 1 aliphatic rings. The van der Waals surface area contributed by atoms with Crippen molar-refractivity contribution in [3.05, 3.63) is 17.6 Å². The van der Waals surface area contributed by atoms with E-state index in [1.54, 1.807) is 6.33 Å². The minimum Gasteiger partial charge on any atom is -0.365 e. The molecule has 0 spiro atoms. The Hall–Kier alpha value is -1.19. The molecule has 2 rings (SSSR count). The molecule has 1 aromatic rings. The topological polar surface area (TPSA) is 37.8 Å². The predicted octanol–water partition coefficient (Wildman–Crippen LogP) is 1.74. The molecule has 1 heterocycles. The largest absolute Gasteiger partial charge is 0.365 e. The van der Waals surface area contributed by atoms with Crippen LogP contribution in [-0.4, -0.2) is 22.7 Å². The van der Waals surface area contributed by atoms with Gasteiger partial charge in [0.05, 0.1) is 6.04 Å². The van der Waals surface area contributed by atoms with Crippen molar-refractivity contribution >= 4 is 5.82 Å². The van der Waals surface area contributed by atoms with E-state index in [1.807, 2.05) is 6.92 Å². The van der Waals surface area contributed by atoms with Gasteiger partial charge in [-0.2, -0.15) is 0 Å². The van der Waals surface area contributed by atoms with Gasteiger partial charge in [0.1, 0.15) is 18.8 Å². The third-order valence-corrected chi connectivity index (χ3v) is 2.49. The van der Waals surface area contributed by atoms with Gasteiger partial charge in [-0.15, -0.1) is 0 Å². The number of nitrogens with zero attached hydrogens (tertiary/aromatic N) is 2. The second-order valence-electron chi connectivity index (χ2n) is 3.70. The van der Waals surface area contributed by atoms with E-state index < -0.39 is 0 Å². The summed E-state index contributed by atoms with van der Waals surface area (Å²) in [4.78, 5) is 8.36. The molecule has 1 atom stereocenters. The molecule has 0 saturated carbocycles. The van der Waals surface area contributed by atoms with Gasteiger partial charge in [0, 0.05) is 11.3 Å². The van der Waals surface area contributed by atoms with Crippen molar-refractivity contribution in [3.63, 3.8) is 0 Å². The van der Waals surface area contributed by atoms with Crippen molar-refractivity contribution in [2.24, 2.45) is 0 Å². The number of aryl methyl sites for hydroxylation is 1. The number of rotatable bonds is 3. The van der Waals surface area contributed by atoms with E-state index >= 15 is 0 Å². The number of aromatic nitrogens is 2. The van der Waals surface area contributed by atoms with Crippen molar-refractivity contribution in [2.75, 3.05) is 12.0 Å². The van der Waals surface area contributed by atoms with Crippen LogP contribution in [0.5, 0.6) is 0 Å². The minimum absolute atomic E-state index is 0.172. The van der Waals surface area contributed by atoms with Crippen molar-refractivity contribution in [1.29, 1.82) is 0 Å². The van der Waals surface area contributed by atoms with E-state index in [-0.39, 0.29) is 12.7 Å². The average Bonchev–Trinajstić information content (AvgIpc) is 2.66. The maximum absolute atomic E-state index is 12.3. The Morgan fingerprint density at radius 1 is 1.50 bits per heavy atom. The maximum atomic E-state index is 12.3. The lowest BCUT2D eigenvalue weighted by Gasteiger charge is -2.13. The van der Waals surface area contributed by atoms with Gasteiger partial charge in [-0.1, -0.05) is 0 Å². The molecule has 1 N–H and O–H groups in total. The summed E-state index contributed by atoms with van der Waals surface area (Å²) in [6.45, 7) is 1.43. The van der Waals surface area contributed by atoms with Crippen LogP contribution in [-0.2, 0) is 12.8 Å². The van der Waals surface area contributed by atoms with E-state index in [0.717, 1.165) is 30.8 Å². The van der Waals surface area contributed by atoms with Crippen LogP contribution in [0.15, 0.2) is 6.33 Å². The highest BCUT2D eigenvalue weighted by atomic mass is 19.1. The zero-order valence-corrected chi connectivity index (χ0v) is 8.26. The van der Waals surface area contributed by atoms with Crippen LogP contribution >= 0.6 is 0 Å². The first-order valence-electron chi connectivity index (χ1n) is 4.96. The molecule has 4 heteroatoms. The van der Waals surface area contributed by atoms with Crippen LogP contribution in [0, 0.1) is 0 Å². The summed E-state index contributed by atoms with van der Waals surface area (Å²) in [6, 6.07) is -0.172. The fraction of sp³-hybridized carbons (Fsp3) is 0.600. The van der Waals surface area contributed by atoms with Crippen LogP contribution in [0.3, 0.4) is 0 Å². The SMILES string of the molecule is CC(CF)Nc1ncnc2c1CCC2. The normalized spacial score (nSPS) is 16.4. The number of hydrogen-bond donors (Lipinski definition) is 1. The number of fused-ring (bicyclic) bond motifs is 1. The Morgan fingerprint density at radius 3 is 3.14 bits per heavy atom. The number of hydrogen-bond acceptors (Lipinski definition) is 3. The van der Waals surface area contributed by atoms with Crippen LogP contribution < -0.4 is 5.32 Å². The first-order chi connectivity index (χ1) is 6.81. The highest BCUT2D eigenvalue weighted by Crippen LogP contribution is 2.25. The van der Waals surface area contributed by atoms with E-state index in [9.17, 15) is 4.39 Å². The summed E-state index contributed by atoms with van der Waals surface area (Å²) in [6.07, 6.45) is 4.72. The molecule has 3 nitrogen and oxygen atoms in total. The number of anilines is 1. The zero-order chi connectivity index (χ0) is 9.97. The van der Waals surface area contributed by atoms with Gasteiger partial charge in [0.15, 0.2) is 0 Å². The number of alkyl halides is 1. The van der Waals surface area contributed by atoms with Gasteiger partial charge in [-0.05, 0) is 26.2 Å². The summed E-state index contributed by atoms with van der Waals surface area (Å²) in [5.74, 6) is 0.817. The summed E-state index contributed by atoms with van der Waals surface area (Å²) in [5, 5.41) is 3.07. The van der Waals surface area contributed by atoms with Gasteiger partial charge in [-0.25, -0.2) is 14.4 Å². The van der Waals surface area contributed by atoms with E-state index in [2.05, 4.69) is 15.3 Å². The lowest BCUT2D eigenvalue weighted by molar-refractivity contribution is 0.459. The first kappa shape index (κ1) is 9.37. The lowest BCUT2D eigenvalue weighted by Crippen LogP contribution is -2.19. The Balaban J connectivity index is 2.22. The Morgan fingerprint density at radius 2 is 2.36 bits per heavy atom. The lowest BCUT2D eigenvalue weighted by atomic mass is 10.2. The maximum Gasteiger partial charge on any atom is 0.133 e. The molecule has 0 radical (unpaired) electrons. The van der Waals surface area contributed by atoms with Crippen molar-refractivity contribution in [1.82, 2.24) is 9.97 Å². The zero-order valence-electron chi connectivity index (χ0n) is 8.26. The second-order valence-corrected chi connectivity index (χ2v) is 3.70. The molecule has 14 heavy (non-hydrogen) atoms. The first-order valence-corrected chi connectivity index (χ1v) is 4.96. The fourth-order valence-electron chi connectivity index (χ4n) is 1.76. The molecular weight excluding hydrogens is 181 g/mol. The van der Waals surface area contributed by atoms with Crippen LogP contribution in [0.1, 0.15) is 24.6 Å². The molecule has 0 aliphatic heterocycles. The van der Waals surface area contributed by atoms with E-state index in [1.165, 1.54) is 5.56 Å². The average molecular weight is 195 g/mol. The van der Waals surface area contributed by atoms with Crippen LogP contribution in [0.2, 0.25) is 0 Å². The van der Waals surface area contributed by atoms with Crippen LogP contribution in [0.4, 0.5) is 10.2 Å². The predicted molar refractivity (Wildman–Crippen MR) is 53.1 cm³/mol. The molecule has 0 aromatic carbocycles. The van der Waals surface area contributed by atoms with Gasteiger partial charge in [-0.3, -0.25) is 0 Å². The third-order valence-electron chi connectivity index (χ3n) is 2.49. The van der Waals surface area contributed by atoms with Gasteiger partial charge >= 0.3 is 0 Å². The molecule has 0 amide bonds. The molecule has 76 valence electrons. The number of halogens is 1. The minimum atomic E-state index is -0.376. The molecule has 0 saturated heterocycles. The van der Waals surface area contributed by atoms with Crippen LogP contribution in [0.25, 0.3) is 0 Å². The van der Waals surface area contributed by atoms with Gasteiger partial charge < -0.3 is 5.32 Å².